The van der Waals surface area contributed by atoms with E-state index >= 15 is 0 Å². The Kier molecular flexibility index (Phi) is 5.31. The quantitative estimate of drug-likeness (QED) is 0.660. The molecule has 6 nitrogen and oxygen atoms in total. The van der Waals surface area contributed by atoms with Crippen LogP contribution in [0, 0.1) is 13.8 Å². The van der Waals surface area contributed by atoms with Crippen molar-refractivity contribution in [2.45, 2.75) is 45.6 Å². The van der Waals surface area contributed by atoms with Gasteiger partial charge in [0, 0.05) is 35.3 Å². The van der Waals surface area contributed by atoms with Crippen molar-refractivity contribution in [1.82, 2.24) is 15.3 Å². The van der Waals surface area contributed by atoms with Gasteiger partial charge in [0.05, 0.1) is 5.41 Å². The summed E-state index contributed by atoms with van der Waals surface area (Å²) in [5.74, 6) is 0.349. The number of rotatable bonds is 5. The van der Waals surface area contributed by atoms with E-state index in [9.17, 15) is 9.59 Å². The molecule has 0 saturated carbocycles. The Hall–Kier alpha value is -3.54. The lowest BCUT2D eigenvalue weighted by Gasteiger charge is -2.30. The molecule has 1 aliphatic rings. The van der Waals surface area contributed by atoms with Gasteiger partial charge in [-0.2, -0.15) is 0 Å². The molecule has 31 heavy (non-hydrogen) atoms. The Bertz CT molecular complexity index is 1140. The SMILES string of the molecule is Cc1cc(CNC(=O)c2ccc([C@@H](C)[C@@]3(C)C(=O)Nc4ncccc43)cc2)cc(C)n1. The second-order valence-electron chi connectivity index (χ2n) is 8.34. The maximum absolute atomic E-state index is 12.8. The highest BCUT2D eigenvalue weighted by Crippen LogP contribution is 2.45. The van der Waals surface area contributed by atoms with E-state index in [0.717, 1.165) is 28.1 Å². The first-order valence-electron chi connectivity index (χ1n) is 10.4. The van der Waals surface area contributed by atoms with Crippen LogP contribution in [0.25, 0.3) is 0 Å². The summed E-state index contributed by atoms with van der Waals surface area (Å²) in [7, 11) is 0. The Morgan fingerprint density at radius 2 is 1.81 bits per heavy atom. The molecule has 0 aliphatic carbocycles. The number of benzene rings is 1. The summed E-state index contributed by atoms with van der Waals surface area (Å²) in [6.45, 7) is 8.31. The highest BCUT2D eigenvalue weighted by atomic mass is 16.2. The summed E-state index contributed by atoms with van der Waals surface area (Å²) in [6.07, 6.45) is 1.68. The largest absolute Gasteiger partial charge is 0.348 e. The standard InChI is InChI=1S/C25H26N4O2/c1-15-12-18(13-16(2)28-15)14-27-23(30)20-9-7-19(8-10-20)17(3)25(4)21-6-5-11-26-22(21)29-24(25)31/h5-13,17H,14H2,1-4H3,(H,27,30)(H,26,29,31)/t17-,25-/m1/s1. The van der Waals surface area contributed by atoms with Crippen LogP contribution >= 0.6 is 0 Å². The van der Waals surface area contributed by atoms with Crippen molar-refractivity contribution in [2.75, 3.05) is 5.32 Å². The Balaban J connectivity index is 1.49. The fraction of sp³-hybridized carbons (Fsp3) is 0.280. The summed E-state index contributed by atoms with van der Waals surface area (Å²) in [6, 6.07) is 15.2. The molecular formula is C25H26N4O2. The first-order valence-corrected chi connectivity index (χ1v) is 10.4. The molecule has 3 aromatic rings. The summed E-state index contributed by atoms with van der Waals surface area (Å²) in [4.78, 5) is 34.0. The van der Waals surface area contributed by atoms with Gasteiger partial charge in [-0.25, -0.2) is 4.98 Å². The van der Waals surface area contributed by atoms with Crippen molar-refractivity contribution in [1.29, 1.82) is 0 Å². The predicted molar refractivity (Wildman–Crippen MR) is 120 cm³/mol. The number of anilines is 1. The lowest BCUT2D eigenvalue weighted by atomic mass is 9.71. The number of carbonyl (C=O) groups is 2. The van der Waals surface area contributed by atoms with E-state index in [-0.39, 0.29) is 17.7 Å². The molecule has 158 valence electrons. The van der Waals surface area contributed by atoms with Crippen LogP contribution in [0.5, 0.6) is 0 Å². The molecule has 0 radical (unpaired) electrons. The number of nitrogens with zero attached hydrogens (tertiary/aromatic N) is 2. The molecule has 2 atom stereocenters. The summed E-state index contributed by atoms with van der Waals surface area (Å²) < 4.78 is 0. The first kappa shape index (κ1) is 20.7. The topological polar surface area (TPSA) is 84.0 Å². The van der Waals surface area contributed by atoms with Crippen LogP contribution in [0.15, 0.2) is 54.7 Å². The zero-order valence-corrected chi connectivity index (χ0v) is 18.2. The van der Waals surface area contributed by atoms with E-state index in [4.69, 9.17) is 0 Å². The van der Waals surface area contributed by atoms with Crippen LogP contribution in [-0.4, -0.2) is 21.8 Å². The second-order valence-corrected chi connectivity index (χ2v) is 8.34. The zero-order valence-electron chi connectivity index (χ0n) is 18.2. The zero-order chi connectivity index (χ0) is 22.2. The van der Waals surface area contributed by atoms with E-state index in [1.165, 1.54) is 0 Å². The molecule has 0 spiro atoms. The molecule has 1 aliphatic heterocycles. The lowest BCUT2D eigenvalue weighted by Crippen LogP contribution is -2.36. The van der Waals surface area contributed by atoms with E-state index < -0.39 is 5.41 Å². The Morgan fingerprint density at radius 3 is 2.48 bits per heavy atom. The maximum atomic E-state index is 12.8. The Labute approximate surface area is 182 Å². The minimum Gasteiger partial charge on any atom is -0.348 e. The van der Waals surface area contributed by atoms with Gasteiger partial charge in [-0.1, -0.05) is 25.1 Å². The van der Waals surface area contributed by atoms with Crippen LogP contribution in [0.3, 0.4) is 0 Å². The van der Waals surface area contributed by atoms with Crippen molar-refractivity contribution in [3.63, 3.8) is 0 Å². The van der Waals surface area contributed by atoms with Crippen LogP contribution < -0.4 is 10.6 Å². The number of hydrogen-bond donors (Lipinski definition) is 2. The summed E-state index contributed by atoms with van der Waals surface area (Å²) >= 11 is 0. The number of hydrogen-bond acceptors (Lipinski definition) is 4. The normalized spacial score (nSPS) is 18.3. The number of amides is 2. The molecule has 0 fully saturated rings. The molecule has 2 amide bonds. The fourth-order valence-electron chi connectivity index (χ4n) is 4.28. The van der Waals surface area contributed by atoms with Crippen LogP contribution in [0.1, 0.15) is 58.2 Å². The van der Waals surface area contributed by atoms with Gasteiger partial charge >= 0.3 is 0 Å². The van der Waals surface area contributed by atoms with Gasteiger partial charge in [-0.3, -0.25) is 14.6 Å². The average molecular weight is 415 g/mol. The number of pyridine rings is 2. The molecule has 3 heterocycles. The summed E-state index contributed by atoms with van der Waals surface area (Å²) in [5, 5.41) is 5.85. The van der Waals surface area contributed by atoms with Crippen molar-refractivity contribution >= 4 is 17.6 Å². The third-order valence-corrected chi connectivity index (χ3v) is 6.20. The molecule has 1 aromatic carbocycles. The molecular weight excluding hydrogens is 388 g/mol. The second kappa shape index (κ2) is 7.95. The van der Waals surface area contributed by atoms with E-state index in [1.54, 1.807) is 6.20 Å². The third-order valence-electron chi connectivity index (χ3n) is 6.20. The highest BCUT2D eigenvalue weighted by Gasteiger charge is 2.47. The van der Waals surface area contributed by atoms with Crippen molar-refractivity contribution < 1.29 is 9.59 Å². The smallest absolute Gasteiger partial charge is 0.251 e. The molecule has 4 rings (SSSR count). The van der Waals surface area contributed by atoms with Gasteiger partial charge < -0.3 is 10.6 Å². The van der Waals surface area contributed by atoms with Gasteiger partial charge in [0.25, 0.3) is 5.91 Å². The predicted octanol–water partition coefficient (Wildman–Crippen LogP) is 4.04. The average Bonchev–Trinajstić information content (AvgIpc) is 3.02. The monoisotopic (exact) mass is 414 g/mol. The highest BCUT2D eigenvalue weighted by molar-refractivity contribution is 6.05. The molecule has 2 aromatic heterocycles. The molecule has 6 heteroatoms. The summed E-state index contributed by atoms with van der Waals surface area (Å²) in [5.41, 5.74) is 4.65. The molecule has 0 bridgehead atoms. The number of aromatic nitrogens is 2. The fourth-order valence-corrected chi connectivity index (χ4v) is 4.28. The minimum atomic E-state index is -0.718. The number of carbonyl (C=O) groups excluding carboxylic acids is 2. The van der Waals surface area contributed by atoms with Crippen LogP contribution in [0.4, 0.5) is 5.82 Å². The van der Waals surface area contributed by atoms with E-state index in [0.29, 0.717) is 17.9 Å². The van der Waals surface area contributed by atoms with Gasteiger partial charge in [0.15, 0.2) is 0 Å². The van der Waals surface area contributed by atoms with E-state index in [1.807, 2.05) is 76.2 Å². The number of nitrogens with one attached hydrogen (secondary N) is 2. The third kappa shape index (κ3) is 3.81. The van der Waals surface area contributed by atoms with Gasteiger partial charge in [0.1, 0.15) is 5.82 Å². The number of fused-ring (bicyclic) bond motifs is 1. The number of aryl methyl sites for hydroxylation is 2. The van der Waals surface area contributed by atoms with Crippen molar-refractivity contribution in [3.05, 3.63) is 88.4 Å². The van der Waals surface area contributed by atoms with Crippen LogP contribution in [0.2, 0.25) is 0 Å². The van der Waals surface area contributed by atoms with Crippen molar-refractivity contribution in [3.8, 4) is 0 Å². The van der Waals surface area contributed by atoms with Gasteiger partial charge in [-0.05, 0) is 68.1 Å². The molecule has 0 saturated heterocycles. The lowest BCUT2D eigenvalue weighted by molar-refractivity contribution is -0.120. The van der Waals surface area contributed by atoms with Gasteiger partial charge in [0.2, 0.25) is 5.91 Å². The minimum absolute atomic E-state index is 0.0570. The molecule has 2 N–H and O–H groups in total. The maximum Gasteiger partial charge on any atom is 0.251 e. The van der Waals surface area contributed by atoms with Gasteiger partial charge in [-0.15, -0.1) is 0 Å². The van der Waals surface area contributed by atoms with Crippen LogP contribution in [-0.2, 0) is 16.8 Å². The first-order chi connectivity index (χ1) is 14.8. The van der Waals surface area contributed by atoms with E-state index in [2.05, 4.69) is 20.6 Å². The van der Waals surface area contributed by atoms with Crippen molar-refractivity contribution in [2.24, 2.45) is 0 Å². The Morgan fingerprint density at radius 1 is 1.13 bits per heavy atom. The molecule has 0 unspecified atom stereocenters.